The molecule has 1 saturated carbocycles. The number of likely N-dealkylation sites (tertiary alicyclic amines) is 1. The second-order valence-electron chi connectivity index (χ2n) is 25.5. The predicted octanol–water partition coefficient (Wildman–Crippen LogP) is 8.17. The normalized spacial score (nSPS) is 18.0. The number of carbonyl (C=O) groups excluding carboxylic acids is 3. The number of nitrogens with two attached hydrogens (primary N) is 3. The SMILES string of the molecule is CCCCOc1nc(N)c2c(n1)N(CCC1CCN(Cc3ccccc3)CC1)CC(=O)C2.CCCCOc1nc(N)c2c(n1)N(CCC1CCNCC1)CC(=O)C2.CCCCOc1nc(N)c2c(n1)N(Cc1ccc3c(c1)CCN(CC1CC1)C3)CC(=O)C2. The average Bonchev–Trinajstić information content (AvgIpc) is 2.08. The third-order valence-corrected chi connectivity index (χ3v) is 18.3. The van der Waals surface area contributed by atoms with Gasteiger partial charge in [-0.15, -0.1) is 0 Å². The van der Waals surface area contributed by atoms with Gasteiger partial charge in [0.15, 0.2) is 17.3 Å². The van der Waals surface area contributed by atoms with Gasteiger partial charge in [0.25, 0.3) is 0 Å². The van der Waals surface area contributed by atoms with Crippen LogP contribution in [0.2, 0.25) is 0 Å². The van der Waals surface area contributed by atoms with Crippen molar-refractivity contribution in [1.82, 2.24) is 45.0 Å². The highest BCUT2D eigenvalue weighted by Crippen LogP contribution is 2.36. The maximum atomic E-state index is 12.4. The molecule has 1 aliphatic carbocycles. The van der Waals surface area contributed by atoms with Crippen LogP contribution in [0.5, 0.6) is 18.0 Å². The van der Waals surface area contributed by atoms with Crippen LogP contribution in [0, 0.1) is 17.8 Å². The monoisotopic (exact) mass is 1220 g/mol. The fraction of sp³-hybridized carbons (Fsp3) is 0.603. The standard InChI is InChI=1S/C25H33N5O2.C25H35N5O2.C18H29N5O2/c1-2-3-10-32-25-27-23(26)22-12-21(31)16-30(24(22)28-25)14-18-6-7-20-15-29(13-17-4-5-17)9-8-19(20)11-18;1-2-3-15-32-25-27-23(26)22-16-21(31)18-30(24(22)28-25)14-11-19-9-12-29(13-10-19)17-20-7-5-4-6-8-20;1-2-3-10-25-18-21-16(19)15-11-14(24)12-23(17(15)22-18)9-6-13-4-7-20-8-5-13/h6-7,11,17H,2-5,8-10,12-16H2,1H3,(H2,26,27,28);4-8,19H,2-3,9-18H2,1H3,(H2,26,27,28);13,20H,2-12H2,1H3,(H2,19,21,22). The van der Waals surface area contributed by atoms with Crippen LogP contribution >= 0.6 is 0 Å². The summed E-state index contributed by atoms with van der Waals surface area (Å²) in [6.07, 6.45) is 17.7. The molecule has 2 aromatic carbocycles. The molecular formula is C68H97N15O6. The van der Waals surface area contributed by atoms with Gasteiger partial charge in [-0.05, 0) is 143 Å². The first kappa shape index (κ1) is 64.7. The van der Waals surface area contributed by atoms with Crippen molar-refractivity contribution in [3.05, 3.63) is 87.5 Å². The number of unbranched alkanes of at least 4 members (excludes halogenated alkanes) is 3. The molecule has 0 radical (unpaired) electrons. The van der Waals surface area contributed by atoms with E-state index in [1.165, 1.54) is 67.3 Å². The Bertz CT molecular complexity index is 3150. The Kier molecular flexibility index (Phi) is 23.3. The number of ether oxygens (including phenoxy) is 3. The third-order valence-electron chi connectivity index (χ3n) is 18.3. The lowest BCUT2D eigenvalue weighted by Gasteiger charge is -2.34. The van der Waals surface area contributed by atoms with E-state index in [1.807, 2.05) is 4.90 Å². The van der Waals surface area contributed by atoms with E-state index in [4.69, 9.17) is 31.4 Å². The molecule has 7 N–H and O–H groups in total. The summed E-state index contributed by atoms with van der Waals surface area (Å²) in [4.78, 5) is 74.9. The molecule has 0 amide bonds. The summed E-state index contributed by atoms with van der Waals surface area (Å²) < 4.78 is 17.1. The maximum Gasteiger partial charge on any atom is 0.320 e. The van der Waals surface area contributed by atoms with Crippen molar-refractivity contribution in [3.8, 4) is 18.0 Å². The van der Waals surface area contributed by atoms with Crippen LogP contribution in [0.1, 0.15) is 150 Å². The zero-order chi connectivity index (χ0) is 62.1. The number of hydrogen-bond acceptors (Lipinski definition) is 21. The Morgan fingerprint density at radius 3 is 1.47 bits per heavy atom. The number of aromatic nitrogens is 6. The molecule has 3 fully saturated rings. The minimum atomic E-state index is 0.140. The molecule has 5 aromatic rings. The minimum absolute atomic E-state index is 0.140. The van der Waals surface area contributed by atoms with E-state index in [9.17, 15) is 14.4 Å². The van der Waals surface area contributed by atoms with Crippen molar-refractivity contribution < 1.29 is 28.6 Å². The summed E-state index contributed by atoms with van der Waals surface area (Å²) >= 11 is 0. The Balaban J connectivity index is 0.000000149. The fourth-order valence-electron chi connectivity index (χ4n) is 12.9. The van der Waals surface area contributed by atoms with Gasteiger partial charge in [0.05, 0.1) is 39.5 Å². The molecule has 0 spiro atoms. The third kappa shape index (κ3) is 18.5. The lowest BCUT2D eigenvalue weighted by Crippen LogP contribution is -2.39. The van der Waals surface area contributed by atoms with Gasteiger partial charge in [0.1, 0.15) is 34.9 Å². The van der Waals surface area contributed by atoms with Crippen LogP contribution in [0.25, 0.3) is 0 Å². The lowest BCUT2D eigenvalue weighted by molar-refractivity contribution is -0.118. The highest BCUT2D eigenvalue weighted by Gasteiger charge is 2.33. The molecule has 89 heavy (non-hydrogen) atoms. The summed E-state index contributed by atoms with van der Waals surface area (Å²) in [6.45, 7) is 20.4. The molecule has 0 unspecified atom stereocenters. The number of piperidine rings is 2. The number of hydrogen-bond donors (Lipinski definition) is 4. The largest absolute Gasteiger partial charge is 0.463 e. The van der Waals surface area contributed by atoms with Crippen LogP contribution < -0.4 is 51.4 Å². The minimum Gasteiger partial charge on any atom is -0.463 e. The van der Waals surface area contributed by atoms with Gasteiger partial charge in [-0.3, -0.25) is 24.2 Å². The van der Waals surface area contributed by atoms with Crippen LogP contribution in [0.3, 0.4) is 0 Å². The number of nitrogen functional groups attached to an aromatic ring is 3. The van der Waals surface area contributed by atoms with E-state index in [0.717, 1.165) is 157 Å². The maximum absolute atomic E-state index is 12.4. The number of nitrogens with one attached hydrogen (secondary N) is 1. The van der Waals surface area contributed by atoms with Crippen molar-refractivity contribution in [2.24, 2.45) is 17.8 Å². The average molecular weight is 1220 g/mol. The van der Waals surface area contributed by atoms with Gasteiger partial charge in [0, 0.05) is 81.8 Å². The second-order valence-corrected chi connectivity index (χ2v) is 25.5. The first-order chi connectivity index (χ1) is 43.4. The first-order valence-electron chi connectivity index (χ1n) is 33.4. The van der Waals surface area contributed by atoms with E-state index in [1.54, 1.807) is 0 Å². The van der Waals surface area contributed by atoms with Gasteiger partial charge in [-0.2, -0.15) is 29.9 Å². The van der Waals surface area contributed by atoms with Crippen molar-refractivity contribution in [2.75, 3.05) is 124 Å². The number of anilines is 6. The number of carbonyl (C=O) groups is 3. The molecule has 0 atom stereocenters. The summed E-state index contributed by atoms with van der Waals surface area (Å²) in [5.74, 6) is 6.18. The molecule has 7 aliphatic rings. The zero-order valence-corrected chi connectivity index (χ0v) is 53.2. The molecule has 9 heterocycles. The molecule has 0 bridgehead atoms. The highest BCUT2D eigenvalue weighted by atomic mass is 16.5. The van der Waals surface area contributed by atoms with E-state index >= 15 is 0 Å². The van der Waals surface area contributed by atoms with Crippen molar-refractivity contribution >= 4 is 52.3 Å². The van der Waals surface area contributed by atoms with E-state index in [2.05, 4.69) is 124 Å². The van der Waals surface area contributed by atoms with E-state index < -0.39 is 0 Å². The van der Waals surface area contributed by atoms with E-state index in [-0.39, 0.29) is 23.8 Å². The number of benzene rings is 2. The summed E-state index contributed by atoms with van der Waals surface area (Å²) in [7, 11) is 0. The zero-order valence-electron chi connectivity index (χ0n) is 53.2. The molecule has 21 nitrogen and oxygen atoms in total. The molecular weight excluding hydrogens is 1120 g/mol. The Morgan fingerprint density at radius 2 is 0.978 bits per heavy atom. The van der Waals surface area contributed by atoms with Crippen LogP contribution in [0.4, 0.5) is 34.9 Å². The molecule has 3 aromatic heterocycles. The van der Waals surface area contributed by atoms with Crippen LogP contribution in [-0.2, 0) is 59.7 Å². The first-order valence-corrected chi connectivity index (χ1v) is 33.4. The number of ketones is 3. The van der Waals surface area contributed by atoms with Crippen molar-refractivity contribution in [1.29, 1.82) is 0 Å². The highest BCUT2D eigenvalue weighted by molar-refractivity contribution is 5.92. The van der Waals surface area contributed by atoms with Crippen molar-refractivity contribution in [3.63, 3.8) is 0 Å². The number of rotatable bonds is 24. The molecule has 480 valence electrons. The number of Topliss-reactive ketones (excluding diaryl/α,β-unsaturated/α-hetero) is 3. The summed E-state index contributed by atoms with van der Waals surface area (Å²) in [6, 6.07) is 18.4. The Morgan fingerprint density at radius 1 is 0.494 bits per heavy atom. The van der Waals surface area contributed by atoms with Gasteiger partial charge in [-0.25, -0.2) is 0 Å². The van der Waals surface area contributed by atoms with E-state index in [0.29, 0.717) is 106 Å². The van der Waals surface area contributed by atoms with Crippen molar-refractivity contribution in [2.45, 2.75) is 156 Å². The topological polar surface area (TPSA) is 263 Å². The van der Waals surface area contributed by atoms with Gasteiger partial charge < -0.3 is 51.4 Å². The van der Waals surface area contributed by atoms with Gasteiger partial charge in [-0.1, -0.05) is 88.6 Å². The summed E-state index contributed by atoms with van der Waals surface area (Å²) in [5, 5.41) is 3.39. The molecule has 2 saturated heterocycles. The fourth-order valence-corrected chi connectivity index (χ4v) is 12.9. The van der Waals surface area contributed by atoms with Gasteiger partial charge in [0.2, 0.25) is 0 Å². The van der Waals surface area contributed by atoms with Crippen LogP contribution in [0.15, 0.2) is 48.5 Å². The molecule has 12 rings (SSSR count). The number of nitrogens with zero attached hydrogens (tertiary/aromatic N) is 11. The molecule has 21 heteroatoms. The second kappa shape index (κ2) is 32.0. The summed E-state index contributed by atoms with van der Waals surface area (Å²) in [5.41, 5.74) is 26.1. The smallest absolute Gasteiger partial charge is 0.320 e. The Hall–Kier alpha value is -7.23. The lowest BCUT2D eigenvalue weighted by atomic mass is 9.92. The molecule has 6 aliphatic heterocycles. The Labute approximate surface area is 526 Å². The van der Waals surface area contributed by atoms with Crippen LogP contribution in [-0.4, -0.2) is 149 Å². The quantitative estimate of drug-likeness (QED) is 0.0425. The van der Waals surface area contributed by atoms with Gasteiger partial charge >= 0.3 is 18.0 Å². The predicted molar refractivity (Wildman–Crippen MR) is 350 cm³/mol. The number of fused-ring (bicyclic) bond motifs is 4.